The summed E-state index contributed by atoms with van der Waals surface area (Å²) in [5, 5.41) is 11.3. The molecule has 2 atom stereocenters. The van der Waals surface area contributed by atoms with Gasteiger partial charge in [-0.05, 0) is 36.2 Å². The minimum atomic E-state index is -0.305. The van der Waals surface area contributed by atoms with Crippen molar-refractivity contribution in [3.05, 3.63) is 65.9 Å². The fraction of sp³-hybridized carbons (Fsp3) is 0.316. The summed E-state index contributed by atoms with van der Waals surface area (Å²) in [7, 11) is 0. The van der Waals surface area contributed by atoms with Gasteiger partial charge in [0.15, 0.2) is 5.65 Å². The smallest absolute Gasteiger partial charge is 0.226 e. The number of nitrogens with zero attached hydrogens (tertiary/aromatic N) is 3. The third-order valence-electron chi connectivity index (χ3n) is 4.79. The Morgan fingerprint density at radius 1 is 1.26 bits per heavy atom. The molecule has 0 spiro atoms. The highest BCUT2D eigenvalue weighted by Crippen LogP contribution is 2.25. The first-order valence-electron chi connectivity index (χ1n) is 9.02. The molecule has 7 nitrogen and oxygen atoms in total. The highest BCUT2D eigenvalue weighted by Gasteiger charge is 2.33. The van der Waals surface area contributed by atoms with Gasteiger partial charge in [0.1, 0.15) is 11.6 Å². The summed E-state index contributed by atoms with van der Waals surface area (Å²) >= 11 is 0. The van der Waals surface area contributed by atoms with Crippen molar-refractivity contribution in [3.63, 3.8) is 0 Å². The fourth-order valence-electron chi connectivity index (χ4n) is 3.41. The van der Waals surface area contributed by atoms with Crippen molar-refractivity contribution in [1.82, 2.24) is 30.8 Å². The van der Waals surface area contributed by atoms with Crippen LogP contribution in [0.4, 0.5) is 4.39 Å². The number of hydrogen-bond donors (Lipinski definition) is 3. The van der Waals surface area contributed by atoms with E-state index < -0.39 is 0 Å². The van der Waals surface area contributed by atoms with Crippen molar-refractivity contribution in [3.8, 4) is 0 Å². The second-order valence-corrected chi connectivity index (χ2v) is 6.60. The van der Waals surface area contributed by atoms with E-state index >= 15 is 0 Å². The molecule has 27 heavy (non-hydrogen) atoms. The van der Waals surface area contributed by atoms with Crippen molar-refractivity contribution >= 4 is 11.6 Å². The molecule has 1 fully saturated rings. The molecule has 1 amide bonds. The molecule has 3 heterocycles. The minimum Gasteiger partial charge on any atom is -0.356 e. The number of rotatable bonds is 6. The van der Waals surface area contributed by atoms with Crippen molar-refractivity contribution in [2.45, 2.75) is 18.9 Å². The van der Waals surface area contributed by atoms with Gasteiger partial charge in [0.2, 0.25) is 5.91 Å². The van der Waals surface area contributed by atoms with E-state index in [1.165, 1.54) is 12.1 Å². The Morgan fingerprint density at radius 2 is 2.19 bits per heavy atom. The Labute approximate surface area is 156 Å². The number of nitrogens with one attached hydrogen (secondary N) is 3. The lowest BCUT2D eigenvalue weighted by molar-refractivity contribution is -0.124. The molecule has 2 unspecified atom stereocenters. The second kappa shape index (κ2) is 7.81. The number of aryl methyl sites for hydroxylation is 1. The van der Waals surface area contributed by atoms with E-state index in [1.54, 1.807) is 6.07 Å². The van der Waals surface area contributed by atoms with Crippen LogP contribution in [0.25, 0.3) is 5.65 Å². The molecule has 0 aliphatic carbocycles. The van der Waals surface area contributed by atoms with Crippen molar-refractivity contribution in [2.24, 2.45) is 5.92 Å². The van der Waals surface area contributed by atoms with Gasteiger partial charge >= 0.3 is 0 Å². The molecule has 1 saturated heterocycles. The lowest BCUT2D eigenvalue weighted by Gasteiger charge is -2.18. The van der Waals surface area contributed by atoms with Crippen LogP contribution in [0.3, 0.4) is 0 Å². The quantitative estimate of drug-likeness (QED) is 0.573. The predicted octanol–water partition coefficient (Wildman–Crippen LogP) is 1.38. The maximum absolute atomic E-state index is 13.5. The van der Waals surface area contributed by atoms with E-state index in [-0.39, 0.29) is 23.7 Å². The molecule has 0 bridgehead atoms. The van der Waals surface area contributed by atoms with Crippen LogP contribution in [0.1, 0.15) is 23.9 Å². The number of carbonyl (C=O) groups excluding carboxylic acids is 1. The Kier molecular flexibility index (Phi) is 5.08. The van der Waals surface area contributed by atoms with E-state index in [4.69, 9.17) is 0 Å². The number of halogens is 1. The zero-order valence-electron chi connectivity index (χ0n) is 14.7. The van der Waals surface area contributed by atoms with Crippen molar-refractivity contribution in [1.29, 1.82) is 0 Å². The Hall–Kier alpha value is -2.84. The molecule has 0 saturated carbocycles. The highest BCUT2D eigenvalue weighted by molar-refractivity contribution is 5.80. The number of benzene rings is 1. The van der Waals surface area contributed by atoms with Crippen LogP contribution in [0.15, 0.2) is 48.7 Å². The lowest BCUT2D eigenvalue weighted by atomic mass is 9.94. The Morgan fingerprint density at radius 3 is 3.07 bits per heavy atom. The summed E-state index contributed by atoms with van der Waals surface area (Å²) in [4.78, 5) is 12.6. The summed E-state index contributed by atoms with van der Waals surface area (Å²) < 4.78 is 15.4. The van der Waals surface area contributed by atoms with Gasteiger partial charge in [0.05, 0.1) is 12.0 Å². The molecule has 3 N–H and O–H groups in total. The van der Waals surface area contributed by atoms with E-state index in [2.05, 4.69) is 26.4 Å². The van der Waals surface area contributed by atoms with Gasteiger partial charge in [-0.15, -0.1) is 10.2 Å². The molecule has 8 heteroatoms. The van der Waals surface area contributed by atoms with Crippen LogP contribution in [-0.2, 0) is 11.2 Å². The van der Waals surface area contributed by atoms with E-state index in [9.17, 15) is 9.18 Å². The molecular weight excluding hydrogens is 347 g/mol. The van der Waals surface area contributed by atoms with Crippen LogP contribution in [0.5, 0.6) is 0 Å². The topological polar surface area (TPSA) is 83.4 Å². The maximum Gasteiger partial charge on any atom is 0.226 e. The number of amides is 1. The third kappa shape index (κ3) is 3.81. The predicted molar refractivity (Wildman–Crippen MR) is 98.1 cm³/mol. The number of hydrazine groups is 1. The molecule has 2 aromatic heterocycles. The van der Waals surface area contributed by atoms with Crippen LogP contribution in [-0.4, -0.2) is 33.6 Å². The monoisotopic (exact) mass is 368 g/mol. The van der Waals surface area contributed by atoms with Crippen LogP contribution in [0.2, 0.25) is 0 Å². The van der Waals surface area contributed by atoms with Gasteiger partial charge in [-0.25, -0.2) is 9.82 Å². The van der Waals surface area contributed by atoms with Crippen molar-refractivity contribution < 1.29 is 9.18 Å². The van der Waals surface area contributed by atoms with E-state index in [1.807, 2.05) is 34.9 Å². The van der Waals surface area contributed by atoms with Crippen LogP contribution < -0.4 is 16.2 Å². The summed E-state index contributed by atoms with van der Waals surface area (Å²) in [6, 6.07) is 11.9. The first-order valence-corrected chi connectivity index (χ1v) is 9.02. The van der Waals surface area contributed by atoms with Crippen LogP contribution >= 0.6 is 0 Å². The number of aromatic nitrogens is 3. The van der Waals surface area contributed by atoms with Crippen LogP contribution in [0, 0.1) is 11.7 Å². The number of fused-ring (bicyclic) bond motifs is 1. The first-order chi connectivity index (χ1) is 13.2. The molecular formula is C19H21FN6O. The second-order valence-electron chi connectivity index (χ2n) is 6.60. The number of carbonyl (C=O) groups is 1. The maximum atomic E-state index is 13.5. The molecule has 0 radical (unpaired) electrons. The molecule has 140 valence electrons. The Bertz CT molecular complexity index is 943. The van der Waals surface area contributed by atoms with E-state index in [0.717, 1.165) is 29.9 Å². The Balaban J connectivity index is 1.31. The van der Waals surface area contributed by atoms with Gasteiger partial charge in [0.25, 0.3) is 0 Å². The summed E-state index contributed by atoms with van der Waals surface area (Å²) in [5.74, 6) is 0.233. The fourth-order valence-corrected chi connectivity index (χ4v) is 3.41. The van der Waals surface area contributed by atoms with Crippen molar-refractivity contribution in [2.75, 3.05) is 13.1 Å². The molecule has 1 aromatic carbocycles. The standard InChI is InChI=1S/C19H21FN6O/c20-14-6-3-5-13(11-14)18-15(12-22-25-18)19(27)21-9-4-8-17-24-23-16-7-1-2-10-26(16)17/h1-3,5-7,10-11,15,18,22,25H,4,8-9,12H2,(H,21,27). The molecule has 1 aliphatic heterocycles. The minimum absolute atomic E-state index is 0.0483. The van der Waals surface area contributed by atoms with Gasteiger partial charge in [-0.1, -0.05) is 18.2 Å². The summed E-state index contributed by atoms with van der Waals surface area (Å²) in [6.07, 6.45) is 3.42. The molecule has 1 aliphatic rings. The van der Waals surface area contributed by atoms with Gasteiger partial charge in [-0.2, -0.15) is 0 Å². The zero-order valence-corrected chi connectivity index (χ0v) is 14.7. The third-order valence-corrected chi connectivity index (χ3v) is 4.79. The van der Waals surface area contributed by atoms with Gasteiger partial charge in [-0.3, -0.25) is 14.6 Å². The zero-order chi connectivity index (χ0) is 18.6. The summed E-state index contributed by atoms with van der Waals surface area (Å²) in [5.41, 5.74) is 7.64. The number of pyridine rings is 1. The largest absolute Gasteiger partial charge is 0.356 e. The van der Waals surface area contributed by atoms with E-state index in [0.29, 0.717) is 13.1 Å². The van der Waals surface area contributed by atoms with Gasteiger partial charge < -0.3 is 5.32 Å². The first kappa shape index (κ1) is 17.6. The molecule has 4 rings (SSSR count). The molecule has 3 aromatic rings. The average molecular weight is 368 g/mol. The normalized spacial score (nSPS) is 19.4. The number of hydrogen-bond acceptors (Lipinski definition) is 5. The highest BCUT2D eigenvalue weighted by atomic mass is 19.1. The summed E-state index contributed by atoms with van der Waals surface area (Å²) in [6.45, 7) is 1.05. The lowest BCUT2D eigenvalue weighted by Crippen LogP contribution is -2.35. The SMILES string of the molecule is O=C(NCCCc1nnc2ccccn12)C1CNNC1c1cccc(F)c1. The average Bonchev–Trinajstić information content (AvgIpc) is 3.32. The van der Waals surface area contributed by atoms with Gasteiger partial charge in [0, 0.05) is 25.7 Å².